The van der Waals surface area contributed by atoms with Gasteiger partial charge in [0, 0.05) is 42.4 Å². The van der Waals surface area contributed by atoms with Crippen molar-refractivity contribution < 1.29 is 14.8 Å². The van der Waals surface area contributed by atoms with Crippen LogP contribution in [0.15, 0.2) is 48.5 Å². The third-order valence-electron chi connectivity index (χ3n) is 5.55. The molecule has 2 amide bonds. The minimum atomic E-state index is -1.01. The highest BCUT2D eigenvalue weighted by Crippen LogP contribution is 2.08. The molecular formula is C26H35N5O3. The Balaban J connectivity index is 0.00000408. The molecule has 3 rings (SSSR count). The Morgan fingerprint density at radius 2 is 1.71 bits per heavy atom. The number of carbonyl (C=O) groups excluding carboxylic acids is 2. The monoisotopic (exact) mass is 465 g/mol. The summed E-state index contributed by atoms with van der Waals surface area (Å²) in [4.78, 5) is 23.7. The lowest BCUT2D eigenvalue weighted by molar-refractivity contribution is -0.130. The van der Waals surface area contributed by atoms with Gasteiger partial charge in [-0.15, -0.1) is 0 Å². The first kappa shape index (κ1) is 27.0. The van der Waals surface area contributed by atoms with Crippen LogP contribution < -0.4 is 27.2 Å². The average molecular weight is 466 g/mol. The molecule has 0 aromatic heterocycles. The summed E-state index contributed by atoms with van der Waals surface area (Å²) in [6.45, 7) is 2.81. The molecule has 0 bridgehead atoms. The Hall–Kier alpha value is -3.22. The number of nitrogens with one attached hydrogen (secondary N) is 4. The summed E-state index contributed by atoms with van der Waals surface area (Å²) >= 11 is 0. The first-order valence-electron chi connectivity index (χ1n) is 11.2. The second kappa shape index (κ2) is 14.1. The quantitative estimate of drug-likeness (QED) is 0.199. The van der Waals surface area contributed by atoms with Crippen molar-refractivity contribution in [3.8, 4) is 11.8 Å². The summed E-state index contributed by atoms with van der Waals surface area (Å²) in [5, 5.41) is 18.2. The molecule has 0 saturated carbocycles. The van der Waals surface area contributed by atoms with Crippen LogP contribution in [0.4, 0.5) is 0 Å². The van der Waals surface area contributed by atoms with E-state index in [1.54, 1.807) is 24.3 Å². The summed E-state index contributed by atoms with van der Waals surface area (Å²) in [5.41, 5.74) is 10.2. The number of benzene rings is 2. The number of rotatable bonds is 8. The standard InChI is InChI=1S/C25H31N5O3.CH4/c26-15-23(25(32)30-33)29-24(31)21-12-10-19(11-13-21)5-4-18-6-8-20(9-7-18)16-27-17-22-3-1-2-14-28-22;/h6-13,22-23,27-28,33H,1-3,14-17,26H2,(H,29,31)(H,30,32);1H4/t22?,23-;/m0./s1. The van der Waals surface area contributed by atoms with Gasteiger partial charge in [-0.3, -0.25) is 14.8 Å². The molecule has 2 atom stereocenters. The molecule has 8 nitrogen and oxygen atoms in total. The predicted molar refractivity (Wildman–Crippen MR) is 133 cm³/mol. The van der Waals surface area contributed by atoms with Gasteiger partial charge in [0.05, 0.1) is 0 Å². The minimum absolute atomic E-state index is 0. The zero-order valence-electron chi connectivity index (χ0n) is 18.6. The van der Waals surface area contributed by atoms with E-state index in [0.717, 1.165) is 30.8 Å². The van der Waals surface area contributed by atoms with Gasteiger partial charge in [0.2, 0.25) is 0 Å². The summed E-state index contributed by atoms with van der Waals surface area (Å²) < 4.78 is 0. The smallest absolute Gasteiger partial charge is 0.267 e. The van der Waals surface area contributed by atoms with Crippen LogP contribution in [0, 0.1) is 11.8 Å². The lowest BCUT2D eigenvalue weighted by Gasteiger charge is -2.23. The summed E-state index contributed by atoms with van der Waals surface area (Å²) in [7, 11) is 0. The van der Waals surface area contributed by atoms with Crippen molar-refractivity contribution in [1.29, 1.82) is 0 Å². The van der Waals surface area contributed by atoms with Crippen molar-refractivity contribution >= 4 is 11.8 Å². The van der Waals surface area contributed by atoms with Crippen molar-refractivity contribution in [3.63, 3.8) is 0 Å². The maximum atomic E-state index is 12.2. The van der Waals surface area contributed by atoms with Gasteiger partial charge in [0.1, 0.15) is 6.04 Å². The van der Waals surface area contributed by atoms with Gasteiger partial charge in [0.15, 0.2) is 0 Å². The van der Waals surface area contributed by atoms with Crippen molar-refractivity contribution in [3.05, 3.63) is 70.8 Å². The number of piperidine rings is 1. The van der Waals surface area contributed by atoms with E-state index in [4.69, 9.17) is 10.9 Å². The highest BCUT2D eigenvalue weighted by Gasteiger charge is 2.19. The number of amides is 2. The van der Waals surface area contributed by atoms with Gasteiger partial charge in [-0.1, -0.05) is 37.8 Å². The van der Waals surface area contributed by atoms with Crippen molar-refractivity contribution in [2.75, 3.05) is 19.6 Å². The fourth-order valence-electron chi connectivity index (χ4n) is 3.60. The van der Waals surface area contributed by atoms with Gasteiger partial charge in [-0.05, 0) is 61.3 Å². The van der Waals surface area contributed by atoms with Crippen LogP contribution in [-0.2, 0) is 11.3 Å². The minimum Gasteiger partial charge on any atom is -0.339 e. The van der Waals surface area contributed by atoms with Crippen molar-refractivity contribution in [2.24, 2.45) is 5.73 Å². The van der Waals surface area contributed by atoms with Crippen LogP contribution in [0.1, 0.15) is 53.7 Å². The molecule has 1 unspecified atom stereocenters. The molecule has 182 valence electrons. The number of nitrogens with two attached hydrogens (primary N) is 1. The largest absolute Gasteiger partial charge is 0.339 e. The molecule has 34 heavy (non-hydrogen) atoms. The second-order valence-electron chi connectivity index (χ2n) is 8.04. The normalized spacial score (nSPS) is 15.8. The molecule has 1 heterocycles. The number of hydrogen-bond acceptors (Lipinski definition) is 6. The summed E-state index contributed by atoms with van der Waals surface area (Å²) in [5.74, 6) is 4.99. The van der Waals surface area contributed by atoms with E-state index >= 15 is 0 Å². The Morgan fingerprint density at radius 1 is 1.06 bits per heavy atom. The van der Waals surface area contributed by atoms with Gasteiger partial charge in [-0.25, -0.2) is 5.48 Å². The third kappa shape index (κ3) is 8.28. The molecule has 1 aliphatic heterocycles. The lowest BCUT2D eigenvalue weighted by Crippen LogP contribution is -2.50. The van der Waals surface area contributed by atoms with E-state index < -0.39 is 17.9 Å². The molecule has 0 spiro atoms. The van der Waals surface area contributed by atoms with E-state index in [1.165, 1.54) is 30.3 Å². The second-order valence-corrected chi connectivity index (χ2v) is 8.04. The van der Waals surface area contributed by atoms with Crippen LogP contribution >= 0.6 is 0 Å². The molecule has 1 saturated heterocycles. The molecule has 7 N–H and O–H groups in total. The van der Waals surface area contributed by atoms with Gasteiger partial charge < -0.3 is 21.7 Å². The fourth-order valence-corrected chi connectivity index (χ4v) is 3.60. The molecule has 2 aromatic carbocycles. The van der Waals surface area contributed by atoms with Gasteiger partial charge in [-0.2, -0.15) is 0 Å². The topological polar surface area (TPSA) is 129 Å². The first-order valence-corrected chi connectivity index (χ1v) is 11.2. The van der Waals surface area contributed by atoms with Crippen molar-refractivity contribution in [2.45, 2.75) is 45.3 Å². The molecule has 8 heteroatoms. The van der Waals surface area contributed by atoms with E-state index in [2.05, 4.69) is 39.9 Å². The van der Waals surface area contributed by atoms with Crippen LogP contribution in [0.25, 0.3) is 0 Å². The lowest BCUT2D eigenvalue weighted by atomic mass is 10.0. The molecular weight excluding hydrogens is 430 g/mol. The molecule has 0 radical (unpaired) electrons. The third-order valence-corrected chi connectivity index (χ3v) is 5.55. The van der Waals surface area contributed by atoms with E-state index in [1.807, 2.05) is 12.1 Å². The van der Waals surface area contributed by atoms with Crippen LogP contribution in [0.2, 0.25) is 0 Å². The number of hydrogen-bond donors (Lipinski definition) is 6. The maximum Gasteiger partial charge on any atom is 0.267 e. The SMILES string of the molecule is C.NC[C@H](NC(=O)c1ccc(C#Cc2ccc(CNCC3CCCCN3)cc2)cc1)C(=O)NO. The summed E-state index contributed by atoms with van der Waals surface area (Å²) in [6.07, 6.45) is 3.82. The highest BCUT2D eigenvalue weighted by atomic mass is 16.5. The molecule has 1 aliphatic rings. The van der Waals surface area contributed by atoms with E-state index in [9.17, 15) is 9.59 Å². The maximum absolute atomic E-state index is 12.2. The zero-order valence-corrected chi connectivity index (χ0v) is 18.6. The Morgan fingerprint density at radius 3 is 2.26 bits per heavy atom. The Kier molecular flexibility index (Phi) is 11.2. The number of hydroxylamine groups is 1. The van der Waals surface area contributed by atoms with Crippen LogP contribution in [0.5, 0.6) is 0 Å². The predicted octanol–water partition coefficient (Wildman–Crippen LogP) is 1.52. The van der Waals surface area contributed by atoms with E-state index in [-0.39, 0.29) is 14.0 Å². The Labute approximate surface area is 201 Å². The van der Waals surface area contributed by atoms with Gasteiger partial charge >= 0.3 is 0 Å². The zero-order chi connectivity index (χ0) is 23.5. The van der Waals surface area contributed by atoms with E-state index in [0.29, 0.717) is 11.6 Å². The van der Waals surface area contributed by atoms with Crippen LogP contribution in [-0.4, -0.2) is 48.7 Å². The summed E-state index contributed by atoms with van der Waals surface area (Å²) in [6, 6.07) is 14.5. The van der Waals surface area contributed by atoms with Crippen molar-refractivity contribution in [1.82, 2.24) is 21.4 Å². The molecule has 0 aliphatic carbocycles. The fraction of sp³-hybridized carbons (Fsp3) is 0.385. The van der Waals surface area contributed by atoms with Gasteiger partial charge in [0.25, 0.3) is 11.8 Å². The molecule has 2 aromatic rings. The number of carbonyl (C=O) groups is 2. The average Bonchev–Trinajstić information content (AvgIpc) is 2.87. The highest BCUT2D eigenvalue weighted by molar-refractivity contribution is 5.97. The first-order chi connectivity index (χ1) is 16.1. The van der Waals surface area contributed by atoms with Crippen LogP contribution in [0.3, 0.4) is 0 Å². The molecule has 1 fully saturated rings. The Bertz CT molecular complexity index is 974.